The molecule has 23 heavy (non-hydrogen) atoms. The van der Waals surface area contributed by atoms with E-state index < -0.39 is 10.0 Å². The molecule has 1 aliphatic carbocycles. The lowest BCUT2D eigenvalue weighted by Gasteiger charge is -2.41. The number of urea groups is 1. The highest BCUT2D eigenvalue weighted by molar-refractivity contribution is 7.89. The van der Waals surface area contributed by atoms with Gasteiger partial charge in [-0.1, -0.05) is 19.3 Å². The smallest absolute Gasteiger partial charge is 0.321 e. The van der Waals surface area contributed by atoms with Gasteiger partial charge in [0.05, 0.1) is 4.90 Å². The average molecular weight is 337 g/mol. The normalized spacial score (nSPS) is 24.8. The Morgan fingerprint density at radius 3 is 2.39 bits per heavy atom. The number of hydrogen-bond donors (Lipinski definition) is 2. The van der Waals surface area contributed by atoms with E-state index in [1.54, 1.807) is 12.1 Å². The van der Waals surface area contributed by atoms with E-state index in [9.17, 15) is 13.2 Å². The van der Waals surface area contributed by atoms with Crippen LogP contribution in [0.15, 0.2) is 29.2 Å². The predicted molar refractivity (Wildman–Crippen MR) is 88.5 cm³/mol. The standard InChI is InChI=1S/C16H23N3O3S/c17-23(21,22)15-7-5-14(6-8-15)18-16(20)19-10-9-12-3-1-2-4-13(12)11-19/h5-8,12-13H,1-4,9-11H2,(H,18,20)(H2,17,21,22)/t12-,13-/m1/s1. The second kappa shape index (κ2) is 6.49. The van der Waals surface area contributed by atoms with Crippen molar-refractivity contribution < 1.29 is 13.2 Å². The Kier molecular flexibility index (Phi) is 4.59. The molecule has 0 unspecified atom stereocenters. The summed E-state index contributed by atoms with van der Waals surface area (Å²) in [6, 6.07) is 5.81. The summed E-state index contributed by atoms with van der Waals surface area (Å²) in [4.78, 5) is 14.3. The Balaban J connectivity index is 1.61. The van der Waals surface area contributed by atoms with Gasteiger partial charge in [-0.3, -0.25) is 0 Å². The van der Waals surface area contributed by atoms with Crippen LogP contribution in [0.25, 0.3) is 0 Å². The molecule has 3 rings (SSSR count). The molecule has 0 aromatic heterocycles. The molecule has 1 saturated carbocycles. The van der Waals surface area contributed by atoms with Crippen molar-refractivity contribution in [2.45, 2.75) is 37.0 Å². The van der Waals surface area contributed by atoms with Crippen LogP contribution in [0.1, 0.15) is 32.1 Å². The van der Waals surface area contributed by atoms with Crippen LogP contribution in [0.5, 0.6) is 0 Å². The Labute approximate surface area is 137 Å². The molecule has 2 fully saturated rings. The minimum Gasteiger partial charge on any atom is -0.324 e. The molecule has 2 aliphatic rings. The van der Waals surface area contributed by atoms with Gasteiger partial charge < -0.3 is 10.2 Å². The van der Waals surface area contributed by atoms with Crippen LogP contribution in [-0.4, -0.2) is 32.4 Å². The number of carbonyl (C=O) groups is 1. The number of nitrogens with one attached hydrogen (secondary N) is 1. The molecular formula is C16H23N3O3S. The summed E-state index contributed by atoms with van der Waals surface area (Å²) in [6.45, 7) is 1.62. The summed E-state index contributed by atoms with van der Waals surface area (Å²) in [5.74, 6) is 1.41. The second-order valence-corrected chi connectivity index (χ2v) is 8.10. The largest absolute Gasteiger partial charge is 0.324 e. The molecule has 1 saturated heterocycles. The first-order chi connectivity index (χ1) is 10.9. The van der Waals surface area contributed by atoms with Crippen molar-refractivity contribution >= 4 is 21.7 Å². The van der Waals surface area contributed by atoms with Crippen molar-refractivity contribution in [1.29, 1.82) is 0 Å². The molecule has 0 spiro atoms. The Morgan fingerprint density at radius 2 is 1.74 bits per heavy atom. The summed E-state index contributed by atoms with van der Waals surface area (Å²) in [5, 5.41) is 7.90. The van der Waals surface area contributed by atoms with Gasteiger partial charge in [0.2, 0.25) is 10.0 Å². The third-order valence-electron chi connectivity index (χ3n) is 5.01. The van der Waals surface area contributed by atoms with Crippen LogP contribution in [0.3, 0.4) is 0 Å². The molecule has 2 amide bonds. The van der Waals surface area contributed by atoms with Gasteiger partial charge in [0, 0.05) is 18.8 Å². The zero-order chi connectivity index (χ0) is 16.4. The van der Waals surface area contributed by atoms with Crippen molar-refractivity contribution in [1.82, 2.24) is 4.90 Å². The highest BCUT2D eigenvalue weighted by Gasteiger charge is 2.32. The van der Waals surface area contributed by atoms with Crippen LogP contribution < -0.4 is 10.5 Å². The molecule has 1 aromatic carbocycles. The van der Waals surface area contributed by atoms with Gasteiger partial charge in [-0.15, -0.1) is 0 Å². The first-order valence-corrected chi connectivity index (χ1v) is 9.67. The maximum Gasteiger partial charge on any atom is 0.321 e. The monoisotopic (exact) mass is 337 g/mol. The zero-order valence-electron chi connectivity index (χ0n) is 13.1. The molecule has 3 N–H and O–H groups in total. The molecule has 1 aromatic rings. The van der Waals surface area contributed by atoms with Gasteiger partial charge in [0.15, 0.2) is 0 Å². The lowest BCUT2D eigenvalue weighted by atomic mass is 9.75. The lowest BCUT2D eigenvalue weighted by molar-refractivity contribution is 0.108. The van der Waals surface area contributed by atoms with E-state index >= 15 is 0 Å². The summed E-state index contributed by atoms with van der Waals surface area (Å²) >= 11 is 0. The average Bonchev–Trinajstić information content (AvgIpc) is 2.54. The van der Waals surface area contributed by atoms with Gasteiger partial charge >= 0.3 is 6.03 Å². The van der Waals surface area contributed by atoms with Crippen LogP contribution in [0.2, 0.25) is 0 Å². The number of hydrogen-bond acceptors (Lipinski definition) is 3. The third-order valence-corrected chi connectivity index (χ3v) is 5.94. The topological polar surface area (TPSA) is 92.5 Å². The van der Waals surface area contributed by atoms with Crippen molar-refractivity contribution in [3.8, 4) is 0 Å². The van der Waals surface area contributed by atoms with E-state index in [0.717, 1.165) is 25.4 Å². The van der Waals surface area contributed by atoms with Crippen molar-refractivity contribution in [3.63, 3.8) is 0 Å². The highest BCUT2D eigenvalue weighted by Crippen LogP contribution is 2.36. The molecule has 0 bridgehead atoms. The number of piperidine rings is 1. The first kappa shape index (κ1) is 16.3. The third kappa shape index (κ3) is 3.84. The summed E-state index contributed by atoms with van der Waals surface area (Å²) in [6.07, 6.45) is 6.20. The number of nitrogens with two attached hydrogens (primary N) is 1. The number of primary sulfonamides is 1. The number of sulfonamides is 1. The molecule has 126 valence electrons. The minimum atomic E-state index is -3.70. The maximum absolute atomic E-state index is 12.4. The molecular weight excluding hydrogens is 314 g/mol. The Bertz CT molecular complexity index is 672. The molecule has 7 heteroatoms. The summed E-state index contributed by atoms with van der Waals surface area (Å²) in [5.41, 5.74) is 0.577. The zero-order valence-corrected chi connectivity index (χ0v) is 13.9. The van der Waals surface area contributed by atoms with Crippen LogP contribution in [-0.2, 0) is 10.0 Å². The van der Waals surface area contributed by atoms with Crippen molar-refractivity contribution in [3.05, 3.63) is 24.3 Å². The SMILES string of the molecule is NS(=O)(=O)c1ccc(NC(=O)N2CC[C@H]3CCCC[C@@H]3C2)cc1. The lowest BCUT2D eigenvalue weighted by Crippen LogP contribution is -2.46. The highest BCUT2D eigenvalue weighted by atomic mass is 32.2. The van der Waals surface area contributed by atoms with Gasteiger partial charge in [-0.25, -0.2) is 18.4 Å². The molecule has 0 radical (unpaired) electrons. The van der Waals surface area contributed by atoms with Crippen LogP contribution in [0.4, 0.5) is 10.5 Å². The Morgan fingerprint density at radius 1 is 1.09 bits per heavy atom. The fourth-order valence-corrected chi connectivity index (χ4v) is 4.23. The van der Waals surface area contributed by atoms with E-state index in [0.29, 0.717) is 11.6 Å². The molecule has 6 nitrogen and oxygen atoms in total. The second-order valence-electron chi connectivity index (χ2n) is 6.54. The fourth-order valence-electron chi connectivity index (χ4n) is 3.72. The maximum atomic E-state index is 12.4. The van der Waals surface area contributed by atoms with Crippen LogP contribution in [0, 0.1) is 11.8 Å². The molecule has 1 aliphatic heterocycles. The Hall–Kier alpha value is -1.60. The van der Waals surface area contributed by atoms with E-state index in [4.69, 9.17) is 5.14 Å². The van der Waals surface area contributed by atoms with Crippen molar-refractivity contribution in [2.24, 2.45) is 17.0 Å². The number of rotatable bonds is 2. The number of amides is 2. The number of carbonyl (C=O) groups excluding carboxylic acids is 1. The first-order valence-electron chi connectivity index (χ1n) is 8.12. The van der Waals surface area contributed by atoms with E-state index in [2.05, 4.69) is 5.32 Å². The quantitative estimate of drug-likeness (QED) is 0.868. The number of anilines is 1. The van der Waals surface area contributed by atoms with Crippen molar-refractivity contribution in [2.75, 3.05) is 18.4 Å². The van der Waals surface area contributed by atoms with Gasteiger partial charge in [0.25, 0.3) is 0 Å². The van der Waals surface area contributed by atoms with E-state index in [-0.39, 0.29) is 10.9 Å². The fraction of sp³-hybridized carbons (Fsp3) is 0.562. The molecule has 2 atom stereocenters. The number of fused-ring (bicyclic) bond motifs is 1. The van der Waals surface area contributed by atoms with Crippen LogP contribution >= 0.6 is 0 Å². The van der Waals surface area contributed by atoms with E-state index in [1.165, 1.54) is 37.8 Å². The van der Waals surface area contributed by atoms with Gasteiger partial charge in [-0.2, -0.15) is 0 Å². The minimum absolute atomic E-state index is 0.0403. The predicted octanol–water partition coefficient (Wildman–Crippen LogP) is 2.38. The number of likely N-dealkylation sites (tertiary alicyclic amines) is 1. The van der Waals surface area contributed by atoms with E-state index in [1.807, 2.05) is 4.90 Å². The van der Waals surface area contributed by atoms with Gasteiger partial charge in [-0.05, 0) is 48.9 Å². The van der Waals surface area contributed by atoms with Gasteiger partial charge in [0.1, 0.15) is 0 Å². The number of benzene rings is 1. The summed E-state index contributed by atoms with van der Waals surface area (Å²) < 4.78 is 22.5. The number of nitrogens with zero attached hydrogens (tertiary/aromatic N) is 1. The summed E-state index contributed by atoms with van der Waals surface area (Å²) in [7, 11) is -3.70. The molecule has 1 heterocycles.